The summed E-state index contributed by atoms with van der Waals surface area (Å²) in [5.41, 5.74) is 5.81. The number of carbonyl (C=O) groups excluding carboxylic acids is 1. The average Bonchev–Trinajstić information content (AvgIpc) is 3.02. The molecule has 1 amide bonds. The predicted octanol–water partition coefficient (Wildman–Crippen LogP) is 3.87. The monoisotopic (exact) mass is 334 g/mol. The molecule has 0 N–H and O–H groups in total. The molecule has 1 aliphatic heterocycles. The molecule has 2 aromatic rings. The Morgan fingerprint density at radius 3 is 2.64 bits per heavy atom. The van der Waals surface area contributed by atoms with Gasteiger partial charge in [0.1, 0.15) is 5.75 Å². The molecule has 0 spiro atoms. The Labute approximate surface area is 148 Å². The zero-order valence-electron chi connectivity index (χ0n) is 14.8. The Balaban J connectivity index is 1.78. The Hall–Kier alpha value is -2.62. The first kappa shape index (κ1) is 15.9. The lowest BCUT2D eigenvalue weighted by Crippen LogP contribution is -2.31. The minimum Gasteiger partial charge on any atom is -0.497 e. The first-order valence-corrected chi connectivity index (χ1v) is 8.70. The molecule has 0 fully saturated rings. The maximum Gasteiger partial charge on any atom is 0.240 e. The maximum absolute atomic E-state index is 12.3. The van der Waals surface area contributed by atoms with Crippen LogP contribution in [0.5, 0.6) is 5.75 Å². The van der Waals surface area contributed by atoms with E-state index >= 15 is 0 Å². The van der Waals surface area contributed by atoms with Gasteiger partial charge in [-0.2, -0.15) is 5.10 Å². The molecule has 4 heteroatoms. The van der Waals surface area contributed by atoms with Crippen molar-refractivity contribution < 1.29 is 9.53 Å². The number of rotatable bonds is 2. The molecular formula is C21H22N2O2. The van der Waals surface area contributed by atoms with E-state index < -0.39 is 0 Å². The number of hydrazone groups is 1. The maximum atomic E-state index is 12.3. The zero-order chi connectivity index (χ0) is 17.6. The Bertz CT molecular complexity index is 855. The average molecular weight is 334 g/mol. The molecule has 25 heavy (non-hydrogen) atoms. The number of ether oxygens (including phenoxy) is 1. The van der Waals surface area contributed by atoms with Crippen LogP contribution in [0.4, 0.5) is 0 Å². The molecule has 0 saturated heterocycles. The van der Waals surface area contributed by atoms with Gasteiger partial charge in [0.25, 0.3) is 0 Å². The fourth-order valence-corrected chi connectivity index (χ4v) is 3.99. The smallest absolute Gasteiger partial charge is 0.240 e. The van der Waals surface area contributed by atoms with Crippen molar-refractivity contribution in [2.75, 3.05) is 7.11 Å². The van der Waals surface area contributed by atoms with Crippen LogP contribution >= 0.6 is 0 Å². The fraction of sp³-hybridized carbons (Fsp3) is 0.333. The molecule has 0 bridgehead atoms. The van der Waals surface area contributed by atoms with Crippen molar-refractivity contribution in [2.45, 2.75) is 32.7 Å². The third-order valence-electron chi connectivity index (χ3n) is 5.27. The van der Waals surface area contributed by atoms with Gasteiger partial charge >= 0.3 is 0 Å². The molecule has 0 aromatic heterocycles. The third kappa shape index (κ3) is 2.62. The molecule has 2 aromatic carbocycles. The van der Waals surface area contributed by atoms with Crippen molar-refractivity contribution >= 4 is 11.6 Å². The normalized spacial score (nSPS) is 21.4. The van der Waals surface area contributed by atoms with Gasteiger partial charge in [0, 0.05) is 18.4 Å². The summed E-state index contributed by atoms with van der Waals surface area (Å²) in [5.74, 6) is 1.10. The van der Waals surface area contributed by atoms with Gasteiger partial charge in [-0.15, -0.1) is 0 Å². The van der Waals surface area contributed by atoms with Crippen LogP contribution in [0.2, 0.25) is 0 Å². The van der Waals surface area contributed by atoms with E-state index in [0.29, 0.717) is 0 Å². The van der Waals surface area contributed by atoms with E-state index in [2.05, 4.69) is 43.3 Å². The lowest BCUT2D eigenvalue weighted by Gasteiger charge is -2.29. The van der Waals surface area contributed by atoms with Crippen LogP contribution in [0, 0.1) is 12.8 Å². The molecule has 0 unspecified atom stereocenters. The second-order valence-electron chi connectivity index (χ2n) is 6.87. The van der Waals surface area contributed by atoms with Crippen LogP contribution in [0.15, 0.2) is 47.6 Å². The number of hydrogen-bond acceptors (Lipinski definition) is 3. The number of amides is 1. The van der Waals surface area contributed by atoms with E-state index in [1.165, 1.54) is 11.1 Å². The highest BCUT2D eigenvalue weighted by Gasteiger charge is 2.42. The highest BCUT2D eigenvalue weighted by Crippen LogP contribution is 2.43. The molecule has 0 radical (unpaired) electrons. The zero-order valence-corrected chi connectivity index (χ0v) is 14.8. The minimum absolute atomic E-state index is 0.0108. The molecule has 1 aliphatic carbocycles. The summed E-state index contributed by atoms with van der Waals surface area (Å²) in [5, 5.41) is 6.42. The van der Waals surface area contributed by atoms with Gasteiger partial charge in [-0.05, 0) is 49.1 Å². The van der Waals surface area contributed by atoms with E-state index in [4.69, 9.17) is 9.84 Å². The first-order chi connectivity index (χ1) is 12.1. The lowest BCUT2D eigenvalue weighted by atomic mass is 9.77. The van der Waals surface area contributed by atoms with Crippen molar-refractivity contribution in [1.82, 2.24) is 5.01 Å². The molecule has 4 rings (SSSR count). The van der Waals surface area contributed by atoms with E-state index in [-0.39, 0.29) is 17.9 Å². The van der Waals surface area contributed by atoms with Crippen molar-refractivity contribution in [3.05, 3.63) is 64.7 Å². The topological polar surface area (TPSA) is 41.9 Å². The molecule has 2 atom stereocenters. The van der Waals surface area contributed by atoms with Gasteiger partial charge in [-0.1, -0.05) is 29.8 Å². The summed E-state index contributed by atoms with van der Waals surface area (Å²) >= 11 is 0. The van der Waals surface area contributed by atoms with Crippen molar-refractivity contribution in [1.29, 1.82) is 0 Å². The highest BCUT2D eigenvalue weighted by molar-refractivity contribution is 6.06. The largest absolute Gasteiger partial charge is 0.497 e. The van der Waals surface area contributed by atoms with Gasteiger partial charge in [0.2, 0.25) is 5.91 Å². The van der Waals surface area contributed by atoms with E-state index in [9.17, 15) is 4.79 Å². The molecule has 0 saturated carbocycles. The predicted molar refractivity (Wildman–Crippen MR) is 97.8 cm³/mol. The number of benzene rings is 2. The van der Waals surface area contributed by atoms with E-state index in [1.807, 2.05) is 6.07 Å². The van der Waals surface area contributed by atoms with Gasteiger partial charge < -0.3 is 4.74 Å². The highest BCUT2D eigenvalue weighted by atomic mass is 16.5. The fourth-order valence-electron chi connectivity index (χ4n) is 3.99. The van der Waals surface area contributed by atoms with Gasteiger partial charge in [-0.25, -0.2) is 5.01 Å². The van der Waals surface area contributed by atoms with Crippen LogP contribution in [0.3, 0.4) is 0 Å². The molecular weight excluding hydrogens is 312 g/mol. The van der Waals surface area contributed by atoms with E-state index in [0.717, 1.165) is 35.4 Å². The van der Waals surface area contributed by atoms with Crippen LogP contribution < -0.4 is 4.74 Å². The number of methoxy groups -OCH3 is 1. The minimum atomic E-state index is -0.0115. The van der Waals surface area contributed by atoms with Crippen molar-refractivity contribution in [2.24, 2.45) is 11.0 Å². The quantitative estimate of drug-likeness (QED) is 0.836. The van der Waals surface area contributed by atoms with Crippen LogP contribution in [0.25, 0.3) is 0 Å². The summed E-state index contributed by atoms with van der Waals surface area (Å²) < 4.78 is 5.35. The summed E-state index contributed by atoms with van der Waals surface area (Å²) in [6.07, 6.45) is 1.96. The Morgan fingerprint density at radius 1 is 1.20 bits per heavy atom. The van der Waals surface area contributed by atoms with Crippen LogP contribution in [-0.2, 0) is 11.2 Å². The number of carbonyl (C=O) groups is 1. The number of aryl methyl sites for hydroxylation is 2. The summed E-state index contributed by atoms with van der Waals surface area (Å²) in [6.45, 7) is 3.67. The first-order valence-electron chi connectivity index (χ1n) is 8.70. The van der Waals surface area contributed by atoms with Crippen molar-refractivity contribution in [3.63, 3.8) is 0 Å². The van der Waals surface area contributed by atoms with Gasteiger partial charge in [-0.3, -0.25) is 4.79 Å². The summed E-state index contributed by atoms with van der Waals surface area (Å²) in [7, 11) is 1.69. The summed E-state index contributed by atoms with van der Waals surface area (Å²) in [4.78, 5) is 12.3. The summed E-state index contributed by atoms with van der Waals surface area (Å²) in [6, 6.07) is 14.6. The van der Waals surface area contributed by atoms with Crippen molar-refractivity contribution in [3.8, 4) is 5.75 Å². The molecule has 4 nitrogen and oxygen atoms in total. The second-order valence-corrected chi connectivity index (χ2v) is 6.87. The van der Waals surface area contributed by atoms with E-state index in [1.54, 1.807) is 19.0 Å². The molecule has 1 heterocycles. The second kappa shape index (κ2) is 6.03. The number of nitrogens with zero attached hydrogens (tertiary/aromatic N) is 2. The Kier molecular flexibility index (Phi) is 3.83. The van der Waals surface area contributed by atoms with Gasteiger partial charge in [0.15, 0.2) is 0 Å². The molecule has 2 aliphatic rings. The molecule has 128 valence electrons. The lowest BCUT2D eigenvalue weighted by molar-refractivity contribution is -0.131. The third-order valence-corrected chi connectivity index (χ3v) is 5.27. The van der Waals surface area contributed by atoms with Gasteiger partial charge in [0.05, 0.1) is 18.9 Å². The number of fused-ring (bicyclic) bond motifs is 3. The van der Waals surface area contributed by atoms with Crippen LogP contribution in [-0.4, -0.2) is 23.7 Å². The SMILES string of the molecule is COc1ccc2c(c1)CC[C@H]1C2=NN(C(C)=O)[C@@H]1c1ccc(C)cc1. The Morgan fingerprint density at radius 2 is 1.96 bits per heavy atom. The van der Waals surface area contributed by atoms with Crippen LogP contribution in [0.1, 0.15) is 41.6 Å². The number of hydrogen-bond donors (Lipinski definition) is 0. The standard InChI is InChI=1S/C21H22N2O2/c1-13-4-6-15(7-5-13)21-19-10-8-16-12-17(25-3)9-11-18(16)20(19)22-23(21)14(2)24/h4-7,9,11-12,19,21H,8,10H2,1-3H3/t19-,21+/m0/s1.